The van der Waals surface area contributed by atoms with E-state index in [0.29, 0.717) is 5.66 Å². The number of hydrogen-bond donors (Lipinski definition) is 2. The average Bonchev–Trinajstić information content (AvgIpc) is 3.12. The molecule has 0 amide bonds. The summed E-state index contributed by atoms with van der Waals surface area (Å²) in [5.41, 5.74) is 3.97. The second-order valence-electron chi connectivity index (χ2n) is 5.63. The van der Waals surface area contributed by atoms with Crippen LogP contribution in [-0.2, 0) is 0 Å². The predicted octanol–water partition coefficient (Wildman–Crippen LogP) is 3.73. The summed E-state index contributed by atoms with van der Waals surface area (Å²) in [6.45, 7) is 11.9. The van der Waals surface area contributed by atoms with Crippen LogP contribution in [0, 0.1) is 6.92 Å². The maximum atomic E-state index is 3.75. The predicted molar refractivity (Wildman–Crippen MR) is 88.6 cm³/mol. The van der Waals surface area contributed by atoms with Crippen LogP contribution in [0.25, 0.3) is 12.2 Å². The highest BCUT2D eigenvalue weighted by Crippen LogP contribution is 2.28. The van der Waals surface area contributed by atoms with Crippen LogP contribution in [0.2, 0.25) is 0 Å². The Labute approximate surface area is 123 Å². The molecule has 1 saturated heterocycles. The molecule has 1 saturated carbocycles. The highest BCUT2D eigenvalue weighted by molar-refractivity contribution is 5.65. The highest BCUT2D eigenvalue weighted by atomic mass is 15.3. The molecular formula is C18H26N2. The lowest BCUT2D eigenvalue weighted by Crippen LogP contribution is -2.45. The minimum absolute atomic E-state index is 0.389. The monoisotopic (exact) mass is 270 g/mol. The first-order valence-electron chi connectivity index (χ1n) is 7.55. The fourth-order valence-corrected chi connectivity index (χ4v) is 3.16. The van der Waals surface area contributed by atoms with Crippen LogP contribution < -0.4 is 10.6 Å². The minimum atomic E-state index is 0.389. The van der Waals surface area contributed by atoms with Crippen molar-refractivity contribution >= 4 is 12.2 Å². The molecule has 1 aliphatic carbocycles. The lowest BCUT2D eigenvalue weighted by Gasteiger charge is -2.22. The number of aryl methyl sites for hydroxylation is 1. The molecule has 1 aliphatic heterocycles. The number of benzene rings is 1. The molecule has 1 aromatic rings. The largest absolute Gasteiger partial charge is 0.298 e. The molecular weight excluding hydrogens is 244 g/mol. The van der Waals surface area contributed by atoms with Crippen molar-refractivity contribution < 1.29 is 0 Å². The minimum Gasteiger partial charge on any atom is -0.298 e. The van der Waals surface area contributed by atoms with Crippen LogP contribution in [0.15, 0.2) is 31.4 Å². The van der Waals surface area contributed by atoms with E-state index in [1.54, 1.807) is 0 Å². The molecule has 2 nitrogen and oxygen atoms in total. The molecule has 1 spiro atoms. The first-order chi connectivity index (χ1) is 9.71. The number of hydrogen-bond acceptors (Lipinski definition) is 2. The summed E-state index contributed by atoms with van der Waals surface area (Å²) in [6.07, 6.45) is 9.20. The molecule has 2 aliphatic rings. The number of nitrogens with one attached hydrogen (secondary N) is 2. The molecule has 2 fully saturated rings. The Morgan fingerprint density at radius 1 is 1.05 bits per heavy atom. The van der Waals surface area contributed by atoms with E-state index in [9.17, 15) is 0 Å². The van der Waals surface area contributed by atoms with Crippen molar-refractivity contribution in [2.75, 3.05) is 13.1 Å². The van der Waals surface area contributed by atoms with E-state index in [2.05, 4.69) is 36.8 Å². The quantitative estimate of drug-likeness (QED) is 0.855. The van der Waals surface area contributed by atoms with Crippen LogP contribution in [0.3, 0.4) is 0 Å². The zero-order valence-corrected chi connectivity index (χ0v) is 12.5. The Morgan fingerprint density at radius 3 is 2.20 bits per heavy atom. The van der Waals surface area contributed by atoms with Crippen molar-refractivity contribution in [2.45, 2.75) is 38.3 Å². The van der Waals surface area contributed by atoms with Crippen molar-refractivity contribution in [2.24, 2.45) is 0 Å². The van der Waals surface area contributed by atoms with Gasteiger partial charge in [0.25, 0.3) is 0 Å². The zero-order chi connectivity index (χ0) is 14.4. The van der Waals surface area contributed by atoms with E-state index in [4.69, 9.17) is 0 Å². The van der Waals surface area contributed by atoms with Crippen LogP contribution in [0.5, 0.6) is 0 Å². The summed E-state index contributed by atoms with van der Waals surface area (Å²) in [5.74, 6) is 0. The van der Waals surface area contributed by atoms with Gasteiger partial charge in [-0.05, 0) is 36.5 Å². The summed E-state index contributed by atoms with van der Waals surface area (Å²) in [4.78, 5) is 0. The van der Waals surface area contributed by atoms with Crippen molar-refractivity contribution in [1.29, 1.82) is 0 Å². The van der Waals surface area contributed by atoms with E-state index in [0.717, 1.165) is 5.56 Å². The third kappa shape index (κ3) is 3.38. The van der Waals surface area contributed by atoms with Gasteiger partial charge in [0.1, 0.15) is 0 Å². The molecule has 1 heterocycles. The second-order valence-corrected chi connectivity index (χ2v) is 5.63. The van der Waals surface area contributed by atoms with Gasteiger partial charge in [-0.3, -0.25) is 10.6 Å². The molecule has 1 aromatic carbocycles. The van der Waals surface area contributed by atoms with Gasteiger partial charge in [0.05, 0.1) is 5.66 Å². The molecule has 0 atom stereocenters. The molecule has 2 N–H and O–H groups in total. The average molecular weight is 270 g/mol. The van der Waals surface area contributed by atoms with Gasteiger partial charge >= 0.3 is 0 Å². The van der Waals surface area contributed by atoms with Crippen LogP contribution in [0.1, 0.15) is 42.4 Å². The second kappa shape index (κ2) is 6.87. The van der Waals surface area contributed by atoms with E-state index < -0.39 is 0 Å². The zero-order valence-electron chi connectivity index (χ0n) is 12.5. The van der Waals surface area contributed by atoms with Gasteiger partial charge in [-0.15, -0.1) is 0 Å². The van der Waals surface area contributed by atoms with Gasteiger partial charge in [0, 0.05) is 13.1 Å². The van der Waals surface area contributed by atoms with Crippen LogP contribution >= 0.6 is 0 Å². The van der Waals surface area contributed by atoms with Gasteiger partial charge in [0.15, 0.2) is 0 Å². The third-order valence-corrected chi connectivity index (χ3v) is 4.29. The molecule has 0 unspecified atom stereocenters. The van der Waals surface area contributed by atoms with E-state index >= 15 is 0 Å². The van der Waals surface area contributed by atoms with E-state index in [1.807, 2.05) is 24.3 Å². The molecule has 0 radical (unpaired) electrons. The summed E-state index contributed by atoms with van der Waals surface area (Å²) in [7, 11) is 0. The normalized spacial score (nSPS) is 19.4. The Kier molecular flexibility index (Phi) is 5.16. The molecule has 108 valence electrons. The first-order valence-corrected chi connectivity index (χ1v) is 7.55. The van der Waals surface area contributed by atoms with Crippen LogP contribution in [0.4, 0.5) is 0 Å². The first kappa shape index (κ1) is 15.0. The molecule has 2 heteroatoms. The Hall–Kier alpha value is -1.38. The lowest BCUT2D eigenvalue weighted by molar-refractivity contribution is 0.345. The van der Waals surface area contributed by atoms with Crippen molar-refractivity contribution in [3.63, 3.8) is 0 Å². The molecule has 20 heavy (non-hydrogen) atoms. The SMILES string of the molecule is C1CCC2(C1)NCCN2.C=Cc1cccc(C)c1C=C. The van der Waals surface area contributed by atoms with E-state index in [-0.39, 0.29) is 0 Å². The highest BCUT2D eigenvalue weighted by Gasteiger charge is 2.35. The lowest BCUT2D eigenvalue weighted by atomic mass is 10.0. The fourth-order valence-electron chi connectivity index (χ4n) is 3.16. The Balaban J connectivity index is 0.000000149. The topological polar surface area (TPSA) is 24.1 Å². The smallest absolute Gasteiger partial charge is 0.0688 e. The van der Waals surface area contributed by atoms with Crippen molar-refractivity contribution in [1.82, 2.24) is 10.6 Å². The Bertz CT molecular complexity index is 447. The summed E-state index contributed by atoms with van der Waals surface area (Å²) >= 11 is 0. The Morgan fingerprint density at radius 2 is 1.70 bits per heavy atom. The molecule has 0 aromatic heterocycles. The molecule has 0 bridgehead atoms. The van der Waals surface area contributed by atoms with E-state index in [1.165, 1.54) is 49.9 Å². The summed E-state index contributed by atoms with van der Waals surface area (Å²) < 4.78 is 0. The van der Waals surface area contributed by atoms with Gasteiger partial charge in [0.2, 0.25) is 0 Å². The fraction of sp³-hybridized carbons (Fsp3) is 0.444. The molecule has 3 rings (SSSR count). The van der Waals surface area contributed by atoms with Gasteiger partial charge < -0.3 is 0 Å². The van der Waals surface area contributed by atoms with Gasteiger partial charge in [-0.1, -0.05) is 56.4 Å². The van der Waals surface area contributed by atoms with Crippen LogP contribution in [-0.4, -0.2) is 18.8 Å². The van der Waals surface area contributed by atoms with Crippen molar-refractivity contribution in [3.8, 4) is 0 Å². The standard InChI is InChI=1S/C11H12.C7H14N2/c1-4-10-8-6-7-9(3)11(10)5-2;1-2-4-7(3-1)8-5-6-9-7/h4-8H,1-2H2,3H3;8-9H,1-6H2. The number of rotatable bonds is 2. The summed E-state index contributed by atoms with van der Waals surface area (Å²) in [6, 6.07) is 6.14. The third-order valence-electron chi connectivity index (χ3n) is 4.29. The maximum Gasteiger partial charge on any atom is 0.0688 e. The summed E-state index contributed by atoms with van der Waals surface area (Å²) in [5, 5.41) is 7.04. The van der Waals surface area contributed by atoms with Gasteiger partial charge in [-0.25, -0.2) is 0 Å². The van der Waals surface area contributed by atoms with Crippen molar-refractivity contribution in [3.05, 3.63) is 48.0 Å². The maximum absolute atomic E-state index is 3.75. The van der Waals surface area contributed by atoms with Gasteiger partial charge in [-0.2, -0.15) is 0 Å².